The summed E-state index contributed by atoms with van der Waals surface area (Å²) in [5.41, 5.74) is 0.738. The van der Waals surface area contributed by atoms with Crippen LogP contribution in [0.15, 0.2) is 23.1 Å². The second kappa shape index (κ2) is 2.45. The molecule has 1 aliphatic rings. The predicted molar refractivity (Wildman–Crippen MR) is 45.5 cm³/mol. The summed E-state index contributed by atoms with van der Waals surface area (Å²) in [6.07, 6.45) is 0. The van der Waals surface area contributed by atoms with Crippen LogP contribution in [0.4, 0.5) is 0 Å². The van der Waals surface area contributed by atoms with E-state index in [9.17, 15) is 8.42 Å². The topological polar surface area (TPSA) is 46.2 Å². The summed E-state index contributed by atoms with van der Waals surface area (Å²) in [6.45, 7) is 0.345. The number of halogens is 1. The standard InChI is InChI=1S/C7H6ClNO2S/c8-6-1-2-7-5(3-6)4-9-12(7,10)11/h1-3,9H,4H2. The Bertz CT molecular complexity index is 427. The molecule has 1 aromatic carbocycles. The fraction of sp³-hybridized carbons (Fsp3) is 0.143. The largest absolute Gasteiger partial charge is 0.241 e. The number of hydrogen-bond donors (Lipinski definition) is 1. The van der Waals surface area contributed by atoms with Gasteiger partial charge in [-0.15, -0.1) is 0 Å². The van der Waals surface area contributed by atoms with Crippen molar-refractivity contribution in [2.24, 2.45) is 0 Å². The van der Waals surface area contributed by atoms with Crippen LogP contribution in [0, 0.1) is 0 Å². The lowest BCUT2D eigenvalue weighted by molar-refractivity contribution is 0.589. The maximum absolute atomic E-state index is 11.2. The van der Waals surface area contributed by atoms with Crippen molar-refractivity contribution in [2.45, 2.75) is 11.4 Å². The molecule has 12 heavy (non-hydrogen) atoms. The van der Waals surface area contributed by atoms with Crippen LogP contribution in [0.2, 0.25) is 5.02 Å². The molecule has 0 unspecified atom stereocenters. The summed E-state index contributed by atoms with van der Waals surface area (Å²) in [5.74, 6) is 0. The summed E-state index contributed by atoms with van der Waals surface area (Å²) in [6, 6.07) is 4.76. The van der Waals surface area contributed by atoms with Gasteiger partial charge in [0.25, 0.3) is 0 Å². The molecule has 2 rings (SSSR count). The van der Waals surface area contributed by atoms with Crippen LogP contribution in [-0.4, -0.2) is 8.42 Å². The van der Waals surface area contributed by atoms with Gasteiger partial charge < -0.3 is 0 Å². The molecule has 0 aliphatic carbocycles. The predicted octanol–water partition coefficient (Wildman–Crippen LogP) is 1.13. The molecule has 0 atom stereocenters. The van der Waals surface area contributed by atoms with Gasteiger partial charge in [0.15, 0.2) is 0 Å². The Morgan fingerprint density at radius 3 is 2.92 bits per heavy atom. The van der Waals surface area contributed by atoms with Gasteiger partial charge in [-0.3, -0.25) is 0 Å². The zero-order valence-electron chi connectivity index (χ0n) is 6.04. The number of sulfonamides is 1. The van der Waals surface area contributed by atoms with E-state index < -0.39 is 10.0 Å². The Kier molecular flexibility index (Phi) is 1.64. The van der Waals surface area contributed by atoms with Crippen LogP contribution in [0.1, 0.15) is 5.56 Å². The molecule has 1 aromatic rings. The zero-order chi connectivity index (χ0) is 8.77. The van der Waals surface area contributed by atoms with Gasteiger partial charge in [0, 0.05) is 11.6 Å². The van der Waals surface area contributed by atoms with Crippen LogP contribution in [0.5, 0.6) is 0 Å². The minimum absolute atomic E-state index is 0.340. The van der Waals surface area contributed by atoms with Crippen molar-refractivity contribution in [3.63, 3.8) is 0 Å². The molecular formula is C7H6ClNO2S. The van der Waals surface area contributed by atoms with Gasteiger partial charge >= 0.3 is 0 Å². The highest BCUT2D eigenvalue weighted by Gasteiger charge is 2.24. The molecule has 1 aliphatic heterocycles. The van der Waals surface area contributed by atoms with Gasteiger partial charge in [0.05, 0.1) is 4.90 Å². The fourth-order valence-electron chi connectivity index (χ4n) is 1.20. The third-order valence-electron chi connectivity index (χ3n) is 1.76. The van der Waals surface area contributed by atoms with Crippen molar-refractivity contribution >= 4 is 21.6 Å². The first-order valence-corrected chi connectivity index (χ1v) is 5.24. The van der Waals surface area contributed by atoms with E-state index in [-0.39, 0.29) is 0 Å². The molecule has 0 amide bonds. The van der Waals surface area contributed by atoms with Crippen molar-refractivity contribution in [3.05, 3.63) is 28.8 Å². The smallest absolute Gasteiger partial charge is 0.207 e. The maximum Gasteiger partial charge on any atom is 0.241 e. The molecule has 5 heteroatoms. The van der Waals surface area contributed by atoms with E-state index >= 15 is 0 Å². The van der Waals surface area contributed by atoms with Crippen LogP contribution >= 0.6 is 11.6 Å². The Balaban J connectivity index is 2.71. The van der Waals surface area contributed by atoms with Crippen LogP contribution in [0.3, 0.4) is 0 Å². The lowest BCUT2D eigenvalue weighted by Gasteiger charge is -1.95. The number of nitrogens with one attached hydrogen (secondary N) is 1. The van der Waals surface area contributed by atoms with E-state index in [0.29, 0.717) is 16.5 Å². The van der Waals surface area contributed by atoms with Crippen LogP contribution < -0.4 is 4.72 Å². The lowest BCUT2D eigenvalue weighted by Crippen LogP contribution is -2.13. The first-order chi connectivity index (χ1) is 5.59. The molecule has 0 aromatic heterocycles. The molecule has 1 N–H and O–H groups in total. The number of fused-ring (bicyclic) bond motifs is 1. The Labute approximate surface area is 75.4 Å². The number of benzene rings is 1. The lowest BCUT2D eigenvalue weighted by atomic mass is 10.2. The van der Waals surface area contributed by atoms with Crippen molar-refractivity contribution in [1.29, 1.82) is 0 Å². The first-order valence-electron chi connectivity index (χ1n) is 3.38. The molecule has 0 bridgehead atoms. The molecular weight excluding hydrogens is 198 g/mol. The quantitative estimate of drug-likeness (QED) is 0.687. The number of hydrogen-bond acceptors (Lipinski definition) is 2. The third-order valence-corrected chi connectivity index (χ3v) is 3.50. The Hall–Kier alpha value is -0.580. The highest BCUT2D eigenvalue weighted by atomic mass is 35.5. The van der Waals surface area contributed by atoms with Crippen LogP contribution in [0.25, 0.3) is 0 Å². The Morgan fingerprint density at radius 2 is 2.17 bits per heavy atom. The highest BCUT2D eigenvalue weighted by Crippen LogP contribution is 2.24. The SMILES string of the molecule is O=S1(=O)NCc2cc(Cl)ccc21. The fourth-order valence-corrected chi connectivity index (χ4v) is 2.62. The van der Waals surface area contributed by atoms with Gasteiger partial charge in [0.1, 0.15) is 0 Å². The van der Waals surface area contributed by atoms with E-state index in [4.69, 9.17) is 11.6 Å². The van der Waals surface area contributed by atoms with Gasteiger partial charge in [0.2, 0.25) is 10.0 Å². The minimum atomic E-state index is -3.23. The van der Waals surface area contributed by atoms with Crippen LogP contribution in [-0.2, 0) is 16.6 Å². The van der Waals surface area contributed by atoms with Gasteiger partial charge in [-0.2, -0.15) is 0 Å². The van der Waals surface area contributed by atoms with Crippen molar-refractivity contribution in [3.8, 4) is 0 Å². The second-order valence-corrected chi connectivity index (χ2v) is 4.75. The summed E-state index contributed by atoms with van der Waals surface area (Å²) in [4.78, 5) is 0.340. The first kappa shape index (κ1) is 8.04. The second-order valence-electron chi connectivity index (χ2n) is 2.58. The summed E-state index contributed by atoms with van der Waals surface area (Å²) < 4.78 is 24.8. The van der Waals surface area contributed by atoms with E-state index in [1.807, 2.05) is 0 Å². The zero-order valence-corrected chi connectivity index (χ0v) is 7.61. The summed E-state index contributed by atoms with van der Waals surface area (Å²) in [7, 11) is -3.23. The minimum Gasteiger partial charge on any atom is -0.207 e. The molecule has 3 nitrogen and oxygen atoms in total. The van der Waals surface area contributed by atoms with E-state index in [1.54, 1.807) is 12.1 Å². The Morgan fingerprint density at radius 1 is 1.42 bits per heavy atom. The van der Waals surface area contributed by atoms with Crippen molar-refractivity contribution < 1.29 is 8.42 Å². The third kappa shape index (κ3) is 1.12. The highest BCUT2D eigenvalue weighted by molar-refractivity contribution is 7.89. The summed E-state index contributed by atoms with van der Waals surface area (Å²) in [5, 5.41) is 0.563. The van der Waals surface area contributed by atoms with Gasteiger partial charge in [-0.25, -0.2) is 13.1 Å². The molecule has 0 fully saturated rings. The average Bonchev–Trinajstić information content (AvgIpc) is 2.27. The molecule has 0 spiro atoms. The molecule has 0 saturated carbocycles. The summed E-state index contributed by atoms with van der Waals surface area (Å²) >= 11 is 5.69. The van der Waals surface area contributed by atoms with Crippen molar-refractivity contribution in [1.82, 2.24) is 4.72 Å². The normalized spacial score (nSPS) is 19.1. The van der Waals surface area contributed by atoms with E-state index in [1.165, 1.54) is 6.07 Å². The molecule has 1 heterocycles. The monoisotopic (exact) mass is 203 g/mol. The number of rotatable bonds is 0. The van der Waals surface area contributed by atoms with E-state index in [2.05, 4.69) is 4.72 Å². The molecule has 64 valence electrons. The maximum atomic E-state index is 11.2. The molecule has 0 saturated heterocycles. The average molecular weight is 204 g/mol. The molecule has 0 radical (unpaired) electrons. The van der Waals surface area contributed by atoms with E-state index in [0.717, 1.165) is 5.56 Å². The van der Waals surface area contributed by atoms with Gasteiger partial charge in [-0.05, 0) is 23.8 Å². The van der Waals surface area contributed by atoms with Gasteiger partial charge in [-0.1, -0.05) is 11.6 Å². The van der Waals surface area contributed by atoms with Crippen molar-refractivity contribution in [2.75, 3.05) is 0 Å².